The molecule has 1 N–H and O–H groups in total. The maximum Gasteiger partial charge on any atom is 0.288 e. The van der Waals surface area contributed by atoms with Crippen molar-refractivity contribution in [1.82, 2.24) is 10.2 Å². The van der Waals surface area contributed by atoms with E-state index in [0.717, 1.165) is 38.9 Å². The minimum atomic E-state index is -2.49. The zero-order valence-electron chi connectivity index (χ0n) is 12.4. The van der Waals surface area contributed by atoms with Gasteiger partial charge >= 0.3 is 0 Å². The van der Waals surface area contributed by atoms with Gasteiger partial charge < -0.3 is 10.2 Å². The number of likely N-dealkylation sites (tertiary alicyclic amines) is 1. The number of thiophene rings is 1. The highest BCUT2D eigenvalue weighted by atomic mass is 35.5. The molecule has 1 aromatic rings. The third-order valence-corrected chi connectivity index (χ3v) is 5.55. The molecule has 0 spiro atoms. The Morgan fingerprint density at radius 1 is 1.50 bits per heavy atom. The number of nitrogens with one attached hydrogen (secondary N) is 1. The van der Waals surface area contributed by atoms with Crippen LogP contribution in [0.1, 0.15) is 28.9 Å². The number of hydrogen-bond donors (Lipinski definition) is 1. The summed E-state index contributed by atoms with van der Waals surface area (Å²) >= 11 is 1.71. The summed E-state index contributed by atoms with van der Waals surface area (Å²) in [5.74, 6) is -1.93. The highest BCUT2D eigenvalue weighted by molar-refractivity contribution is 7.99. The lowest BCUT2D eigenvalue weighted by molar-refractivity contribution is 0.0689. The number of amides is 1. The second kappa shape index (κ2) is 9.70. The number of halogens is 3. The number of nitrogens with zero attached hydrogens (tertiary/aromatic N) is 1. The molecule has 126 valence electrons. The van der Waals surface area contributed by atoms with Gasteiger partial charge in [-0.05, 0) is 50.2 Å². The fourth-order valence-electron chi connectivity index (χ4n) is 2.56. The first kappa shape index (κ1) is 19.7. The number of hydrogen-bond acceptors (Lipinski definition) is 4. The number of piperidine rings is 1. The first-order chi connectivity index (χ1) is 10.1. The Labute approximate surface area is 144 Å². The number of alkyl halides is 2. The Kier molecular flexibility index (Phi) is 8.67. The van der Waals surface area contributed by atoms with Crippen LogP contribution in [-0.4, -0.2) is 43.2 Å². The lowest BCUT2D eigenvalue weighted by atomic mass is 9.93. The second-order valence-corrected chi connectivity index (χ2v) is 7.07. The smallest absolute Gasteiger partial charge is 0.288 e. The molecule has 1 fully saturated rings. The van der Waals surface area contributed by atoms with Gasteiger partial charge in [-0.1, -0.05) is 11.8 Å². The summed E-state index contributed by atoms with van der Waals surface area (Å²) in [5, 5.41) is 4.85. The van der Waals surface area contributed by atoms with Gasteiger partial charge in [-0.2, -0.15) is 8.78 Å². The van der Waals surface area contributed by atoms with Crippen LogP contribution >= 0.6 is 35.5 Å². The summed E-state index contributed by atoms with van der Waals surface area (Å²) in [6, 6.07) is 1.61. The highest BCUT2D eigenvalue weighted by Gasteiger charge is 2.26. The van der Waals surface area contributed by atoms with Gasteiger partial charge in [-0.25, -0.2) is 0 Å². The van der Waals surface area contributed by atoms with E-state index in [1.807, 2.05) is 7.05 Å². The van der Waals surface area contributed by atoms with Crippen molar-refractivity contribution in [1.29, 1.82) is 0 Å². The Balaban J connectivity index is 0.00000242. The molecule has 0 aromatic carbocycles. The molecule has 1 aromatic heterocycles. The first-order valence-electron chi connectivity index (χ1n) is 7.08. The van der Waals surface area contributed by atoms with Crippen molar-refractivity contribution in [3.63, 3.8) is 0 Å². The molecule has 0 atom stereocenters. The van der Waals surface area contributed by atoms with E-state index in [1.54, 1.807) is 16.3 Å². The molecular formula is C14H21ClF2N2OS2. The van der Waals surface area contributed by atoms with Crippen molar-refractivity contribution < 1.29 is 13.6 Å². The molecule has 0 bridgehead atoms. The first-order valence-corrected chi connectivity index (χ1v) is 8.84. The number of carbonyl (C=O) groups excluding carboxylic acids is 1. The van der Waals surface area contributed by atoms with Crippen molar-refractivity contribution in [2.75, 3.05) is 26.7 Å². The lowest BCUT2D eigenvalue weighted by Crippen LogP contribution is -2.38. The molecular weight excluding hydrogens is 350 g/mol. The van der Waals surface area contributed by atoms with Gasteiger partial charge in [0.2, 0.25) is 0 Å². The van der Waals surface area contributed by atoms with E-state index < -0.39 is 5.76 Å². The van der Waals surface area contributed by atoms with Crippen LogP contribution in [0.3, 0.4) is 0 Å². The molecule has 2 heterocycles. The van der Waals surface area contributed by atoms with Crippen LogP contribution in [0.15, 0.2) is 16.3 Å². The number of rotatable bonds is 6. The summed E-state index contributed by atoms with van der Waals surface area (Å²) in [4.78, 5) is 15.1. The van der Waals surface area contributed by atoms with Gasteiger partial charge in [0.1, 0.15) is 4.88 Å². The maximum atomic E-state index is 12.5. The highest BCUT2D eigenvalue weighted by Crippen LogP contribution is 2.33. The summed E-state index contributed by atoms with van der Waals surface area (Å²) < 4.78 is 25.0. The van der Waals surface area contributed by atoms with E-state index in [4.69, 9.17) is 0 Å². The normalized spacial score (nSPS) is 15.9. The monoisotopic (exact) mass is 370 g/mol. The topological polar surface area (TPSA) is 32.3 Å². The van der Waals surface area contributed by atoms with E-state index in [0.29, 0.717) is 27.5 Å². The van der Waals surface area contributed by atoms with E-state index in [2.05, 4.69) is 5.32 Å². The van der Waals surface area contributed by atoms with Crippen molar-refractivity contribution in [2.24, 2.45) is 5.92 Å². The average molecular weight is 371 g/mol. The standard InChI is InChI=1S/C14H20F2N2OS2.ClH/c1-17-6-2-10-3-7-18(8-4-10)13(19)12-11(5-9-20-12)21-14(15)16;/h5,9-10,14,17H,2-4,6-8H2,1H3;1H. The molecule has 0 radical (unpaired) electrons. The Morgan fingerprint density at radius 2 is 2.18 bits per heavy atom. The second-order valence-electron chi connectivity index (χ2n) is 5.12. The van der Waals surface area contributed by atoms with Crippen LogP contribution in [0, 0.1) is 5.92 Å². The van der Waals surface area contributed by atoms with Gasteiger partial charge in [-0.15, -0.1) is 23.7 Å². The van der Waals surface area contributed by atoms with Crippen LogP contribution < -0.4 is 5.32 Å². The molecule has 1 amide bonds. The Bertz CT molecular complexity index is 465. The molecule has 0 saturated carbocycles. The molecule has 1 aliphatic rings. The predicted octanol–water partition coefficient (Wildman–Crippen LogP) is 3.95. The van der Waals surface area contributed by atoms with Crippen LogP contribution in [0.5, 0.6) is 0 Å². The number of thioether (sulfide) groups is 1. The molecule has 0 aliphatic carbocycles. The van der Waals surface area contributed by atoms with Gasteiger partial charge in [-0.3, -0.25) is 4.79 Å². The minimum Gasteiger partial charge on any atom is -0.338 e. The molecule has 1 saturated heterocycles. The largest absolute Gasteiger partial charge is 0.338 e. The van der Waals surface area contributed by atoms with Crippen molar-refractivity contribution in [3.8, 4) is 0 Å². The molecule has 1 aliphatic heterocycles. The third-order valence-electron chi connectivity index (χ3n) is 3.74. The summed E-state index contributed by atoms with van der Waals surface area (Å²) in [5.41, 5.74) is 0. The van der Waals surface area contributed by atoms with Gasteiger partial charge in [0, 0.05) is 18.0 Å². The van der Waals surface area contributed by atoms with Crippen molar-refractivity contribution in [3.05, 3.63) is 16.3 Å². The van der Waals surface area contributed by atoms with Gasteiger partial charge in [0.25, 0.3) is 11.7 Å². The van der Waals surface area contributed by atoms with Gasteiger partial charge in [0.15, 0.2) is 0 Å². The zero-order valence-corrected chi connectivity index (χ0v) is 14.8. The molecule has 0 unspecified atom stereocenters. The zero-order chi connectivity index (χ0) is 15.2. The fourth-order valence-corrected chi connectivity index (χ4v) is 4.22. The Hall–Kier alpha value is -0.370. The third kappa shape index (κ3) is 5.37. The van der Waals surface area contributed by atoms with Gasteiger partial charge in [0.05, 0.1) is 0 Å². The number of carbonyl (C=O) groups is 1. The summed E-state index contributed by atoms with van der Waals surface area (Å²) in [7, 11) is 1.94. The van der Waals surface area contributed by atoms with E-state index in [9.17, 15) is 13.6 Å². The molecule has 8 heteroatoms. The van der Waals surface area contributed by atoms with E-state index in [-0.39, 0.29) is 18.3 Å². The van der Waals surface area contributed by atoms with Crippen LogP contribution in [-0.2, 0) is 0 Å². The summed E-state index contributed by atoms with van der Waals surface area (Å²) in [6.45, 7) is 2.45. The minimum absolute atomic E-state index is 0. The maximum absolute atomic E-state index is 12.5. The lowest BCUT2D eigenvalue weighted by Gasteiger charge is -2.32. The quantitative estimate of drug-likeness (QED) is 0.769. The van der Waals surface area contributed by atoms with Crippen LogP contribution in [0.4, 0.5) is 8.78 Å². The Morgan fingerprint density at radius 3 is 2.77 bits per heavy atom. The fraction of sp³-hybridized carbons (Fsp3) is 0.643. The van der Waals surface area contributed by atoms with E-state index >= 15 is 0 Å². The van der Waals surface area contributed by atoms with E-state index in [1.165, 1.54) is 11.3 Å². The van der Waals surface area contributed by atoms with Crippen LogP contribution in [0.25, 0.3) is 0 Å². The molecule has 3 nitrogen and oxygen atoms in total. The molecule has 22 heavy (non-hydrogen) atoms. The SMILES string of the molecule is CNCCC1CCN(C(=O)c2sccc2SC(F)F)CC1.Cl. The van der Waals surface area contributed by atoms with Crippen LogP contribution in [0.2, 0.25) is 0 Å². The van der Waals surface area contributed by atoms with Crippen molar-refractivity contribution in [2.45, 2.75) is 29.9 Å². The van der Waals surface area contributed by atoms with Crippen molar-refractivity contribution >= 4 is 41.4 Å². The average Bonchev–Trinajstić information content (AvgIpc) is 2.92. The molecule has 2 rings (SSSR count). The predicted molar refractivity (Wildman–Crippen MR) is 90.6 cm³/mol. The summed E-state index contributed by atoms with van der Waals surface area (Å²) in [6.07, 6.45) is 3.12.